The average molecular weight is 484 g/mol. The number of para-hydroxylation sites is 1. The molecular weight excluding hydrogens is 445 g/mol. The van der Waals surface area contributed by atoms with Crippen LogP contribution in [0.1, 0.15) is 33.6 Å². The van der Waals surface area contributed by atoms with E-state index >= 15 is 0 Å². The van der Waals surface area contributed by atoms with Gasteiger partial charge in [0.1, 0.15) is 12.5 Å². The second-order valence-corrected chi connectivity index (χ2v) is 7.29. The summed E-state index contributed by atoms with van der Waals surface area (Å²) in [5.74, 6) is 0.448. The van der Waals surface area contributed by atoms with Crippen LogP contribution >= 0.6 is 11.8 Å². The lowest BCUT2D eigenvalue weighted by atomic mass is 10.3. The third kappa shape index (κ3) is 18.1. The Bertz CT molecular complexity index is 864. The summed E-state index contributed by atoms with van der Waals surface area (Å²) < 4.78 is 13.8. The van der Waals surface area contributed by atoms with Crippen LogP contribution < -0.4 is 16.4 Å². The number of terminal acetylenes is 1. The topological polar surface area (TPSA) is 86.3 Å². The van der Waals surface area contributed by atoms with Gasteiger partial charge in [-0.2, -0.15) is 0 Å². The first kappa shape index (κ1) is 32.7. The molecular formula is C27H38FN5S. The summed E-state index contributed by atoms with van der Waals surface area (Å²) >= 11 is 1.42. The average Bonchev–Trinajstić information content (AvgIpc) is 2.86. The maximum absolute atomic E-state index is 13.8. The Morgan fingerprint density at radius 2 is 1.82 bits per heavy atom. The van der Waals surface area contributed by atoms with Crippen molar-refractivity contribution in [2.75, 3.05) is 23.1 Å². The molecule has 2 aromatic rings. The summed E-state index contributed by atoms with van der Waals surface area (Å²) in [5, 5.41) is 12.2. The molecule has 5 N–H and O–H groups in total. The second kappa shape index (κ2) is 24.1. The monoisotopic (exact) mass is 483 g/mol. The molecule has 0 bridgehead atoms. The van der Waals surface area contributed by atoms with E-state index in [-0.39, 0.29) is 5.82 Å². The van der Waals surface area contributed by atoms with E-state index < -0.39 is 0 Å². The minimum atomic E-state index is -0.243. The van der Waals surface area contributed by atoms with E-state index in [9.17, 15) is 4.39 Å². The number of aliphatic imine (C=N–C) groups is 1. The summed E-state index contributed by atoms with van der Waals surface area (Å²) in [4.78, 5) is 4.79. The van der Waals surface area contributed by atoms with Gasteiger partial charge >= 0.3 is 0 Å². The van der Waals surface area contributed by atoms with E-state index in [1.165, 1.54) is 24.0 Å². The van der Waals surface area contributed by atoms with Crippen molar-refractivity contribution in [3.05, 3.63) is 78.8 Å². The number of nitrogens with two attached hydrogens (primary N) is 1. The van der Waals surface area contributed by atoms with E-state index in [0.29, 0.717) is 23.0 Å². The first-order valence-electron chi connectivity index (χ1n) is 10.8. The Morgan fingerprint density at radius 3 is 2.32 bits per heavy atom. The number of nitrogens with zero attached hydrogens (tertiary/aromatic N) is 1. The molecule has 7 heteroatoms. The normalized spacial score (nSPS) is 9.76. The molecule has 0 aliphatic rings. The fraction of sp³-hybridized carbons (Fsp3) is 0.259. The molecule has 0 fully saturated rings. The lowest BCUT2D eigenvalue weighted by Crippen LogP contribution is -2.02. The number of allylic oxidation sites excluding steroid dienone is 2. The standard InChI is InChI=1S/C17H18FN3S.C6H13N.C2H5N.C2H2/c1-2-10-22-17-9-8-15(11-16(17)18)21-13-19-12-20-14-6-4-3-5-7-14;1-3-5-6(7)4-2;1-2-3;1-2/h2-9,11,13,20H,1,10,12H2,(H,19,21);5H,3-4,7H2,1-2H3;2-3H,1H3;1-2H/b;6-5-;;. The van der Waals surface area contributed by atoms with Gasteiger partial charge in [-0.25, -0.2) is 4.39 Å². The number of hydrogen-bond donors (Lipinski definition) is 4. The van der Waals surface area contributed by atoms with Gasteiger partial charge in [-0.15, -0.1) is 31.2 Å². The number of thioether (sulfide) groups is 1. The summed E-state index contributed by atoms with van der Waals surface area (Å²) in [6.45, 7) is 9.88. The summed E-state index contributed by atoms with van der Waals surface area (Å²) in [7, 11) is 0. The van der Waals surface area contributed by atoms with Crippen molar-refractivity contribution >= 4 is 35.7 Å². The SMILES string of the molecule is C#C.C=CCSc1ccc(N/C=N/CNc2ccccc2)cc1F.CC/C=C(\N)CC.CC=N. The van der Waals surface area contributed by atoms with Crippen molar-refractivity contribution in [2.45, 2.75) is 38.5 Å². The Labute approximate surface area is 209 Å². The van der Waals surface area contributed by atoms with Crippen LogP contribution in [0.25, 0.3) is 0 Å². The van der Waals surface area contributed by atoms with Gasteiger partial charge in [-0.3, -0.25) is 4.99 Å². The van der Waals surface area contributed by atoms with Crippen LogP contribution in [0.3, 0.4) is 0 Å². The number of anilines is 2. The molecule has 34 heavy (non-hydrogen) atoms. The largest absolute Gasteiger partial charge is 0.402 e. The number of halogens is 1. The second-order valence-electron chi connectivity index (χ2n) is 6.23. The van der Waals surface area contributed by atoms with Crippen molar-refractivity contribution in [1.82, 2.24) is 0 Å². The maximum Gasteiger partial charge on any atom is 0.138 e. The zero-order valence-corrected chi connectivity index (χ0v) is 21.2. The molecule has 0 saturated heterocycles. The molecule has 5 nitrogen and oxygen atoms in total. The van der Waals surface area contributed by atoms with E-state index in [4.69, 9.17) is 11.1 Å². The highest BCUT2D eigenvalue weighted by molar-refractivity contribution is 7.99. The quantitative estimate of drug-likeness (QED) is 0.0949. The van der Waals surface area contributed by atoms with Crippen molar-refractivity contribution in [3.8, 4) is 12.8 Å². The summed E-state index contributed by atoms with van der Waals surface area (Å²) in [5.41, 5.74) is 8.13. The molecule has 0 aliphatic carbocycles. The highest BCUT2D eigenvalue weighted by atomic mass is 32.2. The predicted molar refractivity (Wildman–Crippen MR) is 152 cm³/mol. The third-order valence-electron chi connectivity index (χ3n) is 3.63. The first-order chi connectivity index (χ1) is 16.5. The molecule has 0 spiro atoms. The molecule has 0 atom stereocenters. The zero-order chi connectivity index (χ0) is 26.0. The Kier molecular flexibility index (Phi) is 23.2. The highest BCUT2D eigenvalue weighted by Crippen LogP contribution is 2.24. The lowest BCUT2D eigenvalue weighted by Gasteiger charge is -2.05. The Hall–Kier alpha value is -3.50. The molecule has 0 amide bonds. The minimum Gasteiger partial charge on any atom is -0.402 e. The number of hydrogen-bond acceptors (Lipinski definition) is 5. The molecule has 0 aromatic heterocycles. The van der Waals surface area contributed by atoms with Crippen molar-refractivity contribution < 1.29 is 4.39 Å². The van der Waals surface area contributed by atoms with E-state index in [1.807, 2.05) is 42.5 Å². The van der Waals surface area contributed by atoms with Crippen LogP contribution in [0.15, 0.2) is 82.8 Å². The van der Waals surface area contributed by atoms with Crippen LogP contribution in [0, 0.1) is 24.1 Å². The molecule has 0 heterocycles. The number of benzene rings is 2. The van der Waals surface area contributed by atoms with Crippen molar-refractivity contribution in [3.63, 3.8) is 0 Å². The van der Waals surface area contributed by atoms with Crippen molar-refractivity contribution in [2.24, 2.45) is 10.7 Å². The lowest BCUT2D eigenvalue weighted by molar-refractivity contribution is 0.603. The van der Waals surface area contributed by atoms with Crippen molar-refractivity contribution in [1.29, 1.82) is 5.41 Å². The smallest absolute Gasteiger partial charge is 0.138 e. The minimum absolute atomic E-state index is 0.243. The fourth-order valence-electron chi connectivity index (χ4n) is 2.12. The third-order valence-corrected chi connectivity index (χ3v) is 4.68. The molecule has 0 unspecified atom stereocenters. The fourth-order valence-corrected chi connectivity index (χ4v) is 2.78. The van der Waals surface area contributed by atoms with Crippen LogP contribution in [-0.4, -0.2) is 25.0 Å². The van der Waals surface area contributed by atoms with Gasteiger partial charge in [0.2, 0.25) is 0 Å². The molecule has 2 aromatic carbocycles. The van der Waals surface area contributed by atoms with E-state index in [2.05, 4.69) is 48.9 Å². The van der Waals surface area contributed by atoms with Gasteiger partial charge in [0.15, 0.2) is 0 Å². The molecule has 2 rings (SSSR count). The van der Waals surface area contributed by atoms with Gasteiger partial charge in [-0.05, 0) is 56.3 Å². The summed E-state index contributed by atoms with van der Waals surface area (Å²) in [6.07, 6.45) is 16.6. The molecule has 0 saturated carbocycles. The highest BCUT2D eigenvalue weighted by Gasteiger charge is 2.02. The van der Waals surface area contributed by atoms with Crippen LogP contribution in [0.2, 0.25) is 0 Å². The zero-order valence-electron chi connectivity index (χ0n) is 20.4. The van der Waals surface area contributed by atoms with Gasteiger partial charge in [-0.1, -0.05) is 44.2 Å². The van der Waals surface area contributed by atoms with Gasteiger partial charge < -0.3 is 21.8 Å². The molecule has 0 radical (unpaired) electrons. The predicted octanol–water partition coefficient (Wildman–Crippen LogP) is 7.17. The Balaban J connectivity index is 0. The number of nitrogens with one attached hydrogen (secondary N) is 3. The van der Waals surface area contributed by atoms with E-state index in [1.54, 1.807) is 25.4 Å². The maximum atomic E-state index is 13.8. The van der Waals surface area contributed by atoms with Crippen LogP contribution in [0.4, 0.5) is 15.8 Å². The summed E-state index contributed by atoms with van der Waals surface area (Å²) in [6, 6.07) is 14.9. The van der Waals surface area contributed by atoms with Crippen LogP contribution in [-0.2, 0) is 0 Å². The molecule has 0 aliphatic heterocycles. The first-order valence-corrected chi connectivity index (χ1v) is 11.8. The van der Waals surface area contributed by atoms with Gasteiger partial charge in [0, 0.05) is 27.7 Å². The Morgan fingerprint density at radius 1 is 1.18 bits per heavy atom. The van der Waals surface area contributed by atoms with Crippen LogP contribution in [0.5, 0.6) is 0 Å². The van der Waals surface area contributed by atoms with E-state index in [0.717, 1.165) is 24.2 Å². The number of rotatable bonds is 10. The molecule has 184 valence electrons. The van der Waals surface area contributed by atoms with Gasteiger partial charge in [0.25, 0.3) is 0 Å². The van der Waals surface area contributed by atoms with Gasteiger partial charge in [0.05, 0.1) is 6.34 Å².